The van der Waals surface area contributed by atoms with Crippen LogP contribution in [0.1, 0.15) is 53.9 Å². The quantitative estimate of drug-likeness (QED) is 0.591. The van der Waals surface area contributed by atoms with E-state index in [1.165, 1.54) is 0 Å². The summed E-state index contributed by atoms with van der Waals surface area (Å²) in [6.07, 6.45) is 2.31. The minimum atomic E-state index is -0.468. The Hall–Kier alpha value is -0.810. The van der Waals surface area contributed by atoms with Crippen molar-refractivity contribution in [1.29, 1.82) is 0 Å². The summed E-state index contributed by atoms with van der Waals surface area (Å²) < 4.78 is 5.33. The highest BCUT2D eigenvalue weighted by Crippen LogP contribution is 2.16. The van der Waals surface area contributed by atoms with Gasteiger partial charge in [-0.25, -0.2) is 4.79 Å². The zero-order valence-corrected chi connectivity index (χ0v) is 13.1. The predicted octanol–water partition coefficient (Wildman–Crippen LogP) is 2.01. The average Bonchev–Trinajstić information content (AvgIpc) is 2.31. The first-order valence-corrected chi connectivity index (χ1v) is 7.20. The molecule has 5 heteroatoms. The predicted molar refractivity (Wildman–Crippen MR) is 79.2 cm³/mol. The van der Waals surface area contributed by atoms with Crippen LogP contribution >= 0.6 is 0 Å². The molecule has 0 aromatic heterocycles. The smallest absolute Gasteiger partial charge is 0.408 e. The summed E-state index contributed by atoms with van der Waals surface area (Å²) in [6.45, 7) is 12.0. The van der Waals surface area contributed by atoms with Crippen LogP contribution in [0.2, 0.25) is 0 Å². The van der Waals surface area contributed by atoms with Crippen LogP contribution in [0.4, 0.5) is 4.79 Å². The van der Waals surface area contributed by atoms with E-state index >= 15 is 0 Å². The van der Waals surface area contributed by atoms with Crippen LogP contribution in [0.15, 0.2) is 0 Å². The zero-order valence-electron chi connectivity index (χ0n) is 13.1. The molecule has 0 saturated heterocycles. The van der Waals surface area contributed by atoms with Gasteiger partial charge in [-0.15, -0.1) is 0 Å². The van der Waals surface area contributed by atoms with Gasteiger partial charge >= 0.3 is 6.09 Å². The van der Waals surface area contributed by atoms with Crippen molar-refractivity contribution in [3.63, 3.8) is 0 Å². The normalized spacial score (nSPS) is 12.3. The van der Waals surface area contributed by atoms with Crippen molar-refractivity contribution in [3.05, 3.63) is 0 Å². The van der Waals surface area contributed by atoms with Gasteiger partial charge in [0.05, 0.1) is 5.54 Å². The first-order chi connectivity index (χ1) is 8.78. The van der Waals surface area contributed by atoms with Gasteiger partial charge in [-0.05, 0) is 53.1 Å². The molecule has 0 aromatic carbocycles. The molecule has 0 unspecified atom stereocenters. The van der Waals surface area contributed by atoms with E-state index in [9.17, 15) is 4.79 Å². The van der Waals surface area contributed by atoms with Crippen molar-refractivity contribution in [3.8, 4) is 0 Å². The van der Waals surface area contributed by atoms with Gasteiger partial charge in [0.25, 0.3) is 0 Å². The molecule has 5 nitrogen and oxygen atoms in total. The molecular formula is C14H31N3O2. The van der Waals surface area contributed by atoms with Crippen molar-refractivity contribution in [2.75, 3.05) is 19.6 Å². The molecule has 4 N–H and O–H groups in total. The van der Waals surface area contributed by atoms with Crippen molar-refractivity contribution < 1.29 is 9.53 Å². The fraction of sp³-hybridized carbons (Fsp3) is 0.929. The van der Waals surface area contributed by atoms with E-state index in [4.69, 9.17) is 10.5 Å². The van der Waals surface area contributed by atoms with E-state index < -0.39 is 5.60 Å². The third kappa shape index (κ3) is 8.06. The Bertz CT molecular complexity index is 258. The van der Waals surface area contributed by atoms with Crippen LogP contribution in [-0.4, -0.2) is 36.9 Å². The van der Waals surface area contributed by atoms with Gasteiger partial charge < -0.3 is 21.1 Å². The van der Waals surface area contributed by atoms with Crippen LogP contribution in [0.25, 0.3) is 0 Å². The van der Waals surface area contributed by atoms with Gasteiger partial charge in [0.15, 0.2) is 0 Å². The summed E-state index contributed by atoms with van der Waals surface area (Å²) in [4.78, 5) is 11.9. The summed E-state index contributed by atoms with van der Waals surface area (Å²) in [5.41, 5.74) is 4.74. The third-order valence-electron chi connectivity index (χ3n) is 3.14. The first-order valence-electron chi connectivity index (χ1n) is 7.20. The number of carbonyl (C=O) groups excluding carboxylic acids is 1. The maximum absolute atomic E-state index is 11.9. The average molecular weight is 273 g/mol. The fourth-order valence-electron chi connectivity index (χ4n) is 1.80. The highest BCUT2D eigenvalue weighted by Gasteiger charge is 2.29. The molecule has 0 atom stereocenters. The zero-order chi connectivity index (χ0) is 14.9. The van der Waals surface area contributed by atoms with Crippen LogP contribution in [0.3, 0.4) is 0 Å². The number of nitrogens with two attached hydrogens (primary N) is 1. The second-order valence-electron chi connectivity index (χ2n) is 5.93. The third-order valence-corrected chi connectivity index (χ3v) is 3.14. The van der Waals surface area contributed by atoms with Crippen LogP contribution < -0.4 is 16.4 Å². The molecule has 0 aliphatic rings. The highest BCUT2D eigenvalue weighted by atomic mass is 16.6. The Morgan fingerprint density at radius 3 is 2.21 bits per heavy atom. The lowest BCUT2D eigenvalue weighted by atomic mass is 9.93. The largest absolute Gasteiger partial charge is 0.444 e. The number of carbonyl (C=O) groups is 1. The molecule has 19 heavy (non-hydrogen) atoms. The molecule has 0 rings (SSSR count). The molecule has 0 aliphatic heterocycles. The number of alkyl carbamates (subject to hydrolysis) is 1. The van der Waals surface area contributed by atoms with Crippen LogP contribution in [0, 0.1) is 0 Å². The maximum atomic E-state index is 11.9. The first kappa shape index (κ1) is 18.2. The number of hydrogen-bond acceptors (Lipinski definition) is 4. The number of hydrogen-bond donors (Lipinski definition) is 3. The topological polar surface area (TPSA) is 76.4 Å². The van der Waals surface area contributed by atoms with E-state index in [1.54, 1.807) is 0 Å². The fourth-order valence-corrected chi connectivity index (χ4v) is 1.80. The van der Waals surface area contributed by atoms with Crippen LogP contribution in [0.5, 0.6) is 0 Å². The SMILES string of the molecule is CCC(CC)(CNCCCN)NC(=O)OC(C)(C)C. The Labute approximate surface area is 117 Å². The molecule has 0 fully saturated rings. The molecule has 0 saturated carbocycles. The minimum absolute atomic E-state index is 0.253. The summed E-state index contributed by atoms with van der Waals surface area (Å²) in [7, 11) is 0. The molecular weight excluding hydrogens is 242 g/mol. The van der Waals surface area contributed by atoms with E-state index in [0.717, 1.165) is 32.4 Å². The maximum Gasteiger partial charge on any atom is 0.408 e. The van der Waals surface area contributed by atoms with Gasteiger partial charge in [0.2, 0.25) is 0 Å². The van der Waals surface area contributed by atoms with Crippen molar-refractivity contribution >= 4 is 6.09 Å². The molecule has 0 radical (unpaired) electrons. The van der Waals surface area contributed by atoms with E-state index in [1.807, 2.05) is 20.8 Å². The number of nitrogens with one attached hydrogen (secondary N) is 2. The van der Waals surface area contributed by atoms with E-state index in [2.05, 4.69) is 24.5 Å². The van der Waals surface area contributed by atoms with Crippen LogP contribution in [-0.2, 0) is 4.74 Å². The number of ether oxygens (including phenoxy) is 1. The standard InChI is InChI=1S/C14H31N3O2/c1-6-14(7-2,11-16-10-8-9-15)17-12(18)19-13(3,4)5/h16H,6-11,15H2,1-5H3,(H,17,18). The molecule has 114 valence electrons. The Morgan fingerprint density at radius 1 is 1.21 bits per heavy atom. The van der Waals surface area contributed by atoms with Gasteiger partial charge in [-0.2, -0.15) is 0 Å². The summed E-state index contributed by atoms with van der Waals surface area (Å²) >= 11 is 0. The van der Waals surface area contributed by atoms with E-state index in [0.29, 0.717) is 6.54 Å². The molecule has 0 bridgehead atoms. The lowest BCUT2D eigenvalue weighted by molar-refractivity contribution is 0.0446. The van der Waals surface area contributed by atoms with Gasteiger partial charge in [-0.1, -0.05) is 13.8 Å². The molecule has 0 aromatic rings. The molecule has 0 heterocycles. The van der Waals surface area contributed by atoms with Gasteiger partial charge in [0, 0.05) is 6.54 Å². The molecule has 1 amide bonds. The Morgan fingerprint density at radius 2 is 1.79 bits per heavy atom. The Balaban J connectivity index is 4.40. The Kier molecular flexibility index (Phi) is 8.02. The van der Waals surface area contributed by atoms with Gasteiger partial charge in [0.1, 0.15) is 5.60 Å². The van der Waals surface area contributed by atoms with Gasteiger partial charge in [-0.3, -0.25) is 0 Å². The second-order valence-corrected chi connectivity index (χ2v) is 5.93. The second kappa shape index (κ2) is 8.38. The highest BCUT2D eigenvalue weighted by molar-refractivity contribution is 5.68. The number of rotatable bonds is 8. The lowest BCUT2D eigenvalue weighted by Gasteiger charge is -2.34. The van der Waals surface area contributed by atoms with Crippen molar-refractivity contribution in [2.45, 2.75) is 65.0 Å². The minimum Gasteiger partial charge on any atom is -0.444 e. The molecule has 0 spiro atoms. The van der Waals surface area contributed by atoms with Crippen molar-refractivity contribution in [2.24, 2.45) is 5.73 Å². The lowest BCUT2D eigenvalue weighted by Crippen LogP contribution is -2.55. The molecule has 0 aliphatic carbocycles. The van der Waals surface area contributed by atoms with Crippen molar-refractivity contribution in [1.82, 2.24) is 10.6 Å². The summed E-state index contributed by atoms with van der Waals surface area (Å²) in [6, 6.07) is 0. The summed E-state index contributed by atoms with van der Waals surface area (Å²) in [5.74, 6) is 0. The monoisotopic (exact) mass is 273 g/mol. The van der Waals surface area contributed by atoms with E-state index in [-0.39, 0.29) is 11.6 Å². The number of amides is 1. The summed E-state index contributed by atoms with van der Waals surface area (Å²) in [5, 5.41) is 6.36.